The van der Waals surface area contributed by atoms with Crippen LogP contribution in [-0.2, 0) is 10.0 Å². The van der Waals surface area contributed by atoms with Gasteiger partial charge in [-0.1, -0.05) is 0 Å². The van der Waals surface area contributed by atoms with Crippen molar-refractivity contribution in [3.05, 3.63) is 24.3 Å². The summed E-state index contributed by atoms with van der Waals surface area (Å²) < 4.78 is 24.8. The number of aliphatic hydroxyl groups excluding tert-OH is 1. The fourth-order valence-electron chi connectivity index (χ4n) is 1.38. The Balaban J connectivity index is 2.69. The number of benzene rings is 1. The van der Waals surface area contributed by atoms with Crippen molar-refractivity contribution < 1.29 is 13.5 Å². The Bertz CT molecular complexity index is 467. The Morgan fingerprint density at radius 1 is 1.28 bits per heavy atom. The van der Waals surface area contributed by atoms with E-state index in [9.17, 15) is 8.42 Å². The van der Waals surface area contributed by atoms with E-state index in [4.69, 9.17) is 5.11 Å². The monoisotopic (exact) mass is 272 g/mol. The lowest BCUT2D eigenvalue weighted by molar-refractivity contribution is 0.189. The molecule has 5 nitrogen and oxygen atoms in total. The lowest BCUT2D eigenvalue weighted by Gasteiger charge is -2.12. The number of sulfonamides is 1. The summed E-state index contributed by atoms with van der Waals surface area (Å²) in [4.78, 5) is 0.272. The Morgan fingerprint density at radius 3 is 2.28 bits per heavy atom. The first-order valence-corrected chi connectivity index (χ1v) is 7.22. The summed E-state index contributed by atoms with van der Waals surface area (Å²) in [5.74, 6) is 0. The molecule has 0 aliphatic heterocycles. The van der Waals surface area contributed by atoms with Crippen molar-refractivity contribution in [2.24, 2.45) is 0 Å². The summed E-state index contributed by atoms with van der Waals surface area (Å²) in [7, 11) is -0.354. The van der Waals surface area contributed by atoms with Gasteiger partial charge >= 0.3 is 0 Å². The minimum Gasteiger partial charge on any atom is -0.393 e. The van der Waals surface area contributed by atoms with Crippen LogP contribution in [0.1, 0.15) is 13.3 Å². The van der Waals surface area contributed by atoms with Crippen molar-refractivity contribution in [3.63, 3.8) is 0 Å². The maximum atomic E-state index is 11.8. The minimum atomic E-state index is -3.36. The standard InChI is InChI=1S/C12H20N2O3S/c1-10(15)8-9-13-11-4-6-12(7-5-11)18(16,17)14(2)3/h4-7,10,13,15H,8-9H2,1-3H3. The molecule has 0 saturated carbocycles. The predicted octanol–water partition coefficient (Wildman–Crippen LogP) is 1.12. The van der Waals surface area contributed by atoms with Crippen molar-refractivity contribution in [1.29, 1.82) is 0 Å². The second-order valence-corrected chi connectivity index (χ2v) is 6.53. The highest BCUT2D eigenvalue weighted by Gasteiger charge is 2.16. The van der Waals surface area contributed by atoms with Crippen LogP contribution in [0.15, 0.2) is 29.2 Å². The minimum absolute atomic E-state index is 0.272. The zero-order valence-corrected chi connectivity index (χ0v) is 11.7. The lowest BCUT2D eigenvalue weighted by atomic mass is 10.2. The molecule has 1 atom stereocenters. The van der Waals surface area contributed by atoms with E-state index in [1.165, 1.54) is 18.4 Å². The highest BCUT2D eigenvalue weighted by Crippen LogP contribution is 2.16. The van der Waals surface area contributed by atoms with E-state index >= 15 is 0 Å². The fraction of sp³-hybridized carbons (Fsp3) is 0.500. The van der Waals surface area contributed by atoms with Gasteiger partial charge in [-0.3, -0.25) is 0 Å². The van der Waals surface area contributed by atoms with Crippen LogP contribution < -0.4 is 5.32 Å². The summed E-state index contributed by atoms with van der Waals surface area (Å²) in [5, 5.41) is 12.2. The highest BCUT2D eigenvalue weighted by atomic mass is 32.2. The van der Waals surface area contributed by atoms with Crippen LogP contribution in [0.5, 0.6) is 0 Å². The highest BCUT2D eigenvalue weighted by molar-refractivity contribution is 7.89. The van der Waals surface area contributed by atoms with E-state index in [2.05, 4.69) is 5.32 Å². The largest absolute Gasteiger partial charge is 0.393 e. The van der Waals surface area contributed by atoms with Crippen LogP contribution in [0.2, 0.25) is 0 Å². The van der Waals surface area contributed by atoms with E-state index < -0.39 is 10.0 Å². The van der Waals surface area contributed by atoms with Crippen LogP contribution >= 0.6 is 0 Å². The van der Waals surface area contributed by atoms with E-state index in [0.29, 0.717) is 13.0 Å². The first kappa shape index (κ1) is 14.9. The number of aliphatic hydroxyl groups is 1. The van der Waals surface area contributed by atoms with Gasteiger partial charge in [0.25, 0.3) is 0 Å². The van der Waals surface area contributed by atoms with Gasteiger partial charge < -0.3 is 10.4 Å². The normalized spacial score (nSPS) is 13.6. The molecule has 0 aliphatic carbocycles. The molecular formula is C12H20N2O3S. The van der Waals surface area contributed by atoms with Crippen LogP contribution in [0.4, 0.5) is 5.69 Å². The Labute approximate surface area is 108 Å². The van der Waals surface area contributed by atoms with Crippen molar-refractivity contribution in [1.82, 2.24) is 4.31 Å². The van der Waals surface area contributed by atoms with E-state index in [0.717, 1.165) is 5.69 Å². The summed E-state index contributed by atoms with van der Waals surface area (Å²) in [5.41, 5.74) is 0.841. The first-order valence-electron chi connectivity index (χ1n) is 5.78. The molecule has 1 aromatic carbocycles. The molecular weight excluding hydrogens is 252 g/mol. The van der Waals surface area contributed by atoms with E-state index in [1.807, 2.05) is 0 Å². The molecule has 18 heavy (non-hydrogen) atoms. The molecule has 0 aliphatic rings. The van der Waals surface area contributed by atoms with Gasteiger partial charge in [0.2, 0.25) is 10.0 Å². The molecule has 0 amide bonds. The van der Waals surface area contributed by atoms with Gasteiger partial charge in [0.05, 0.1) is 11.0 Å². The van der Waals surface area contributed by atoms with E-state index in [-0.39, 0.29) is 11.0 Å². The van der Waals surface area contributed by atoms with Crippen LogP contribution in [0.3, 0.4) is 0 Å². The SMILES string of the molecule is CC(O)CCNc1ccc(S(=O)(=O)N(C)C)cc1. The molecule has 2 N–H and O–H groups in total. The van der Waals surface area contributed by atoms with E-state index in [1.54, 1.807) is 31.2 Å². The molecule has 102 valence electrons. The smallest absolute Gasteiger partial charge is 0.242 e. The Kier molecular flexibility index (Phi) is 5.13. The second kappa shape index (κ2) is 6.17. The van der Waals surface area contributed by atoms with Gasteiger partial charge in [0.1, 0.15) is 0 Å². The molecule has 0 saturated heterocycles. The number of anilines is 1. The number of rotatable bonds is 6. The third kappa shape index (κ3) is 3.97. The van der Waals surface area contributed by atoms with Crippen LogP contribution in [0, 0.1) is 0 Å². The van der Waals surface area contributed by atoms with Gasteiger partial charge in [0.15, 0.2) is 0 Å². The molecule has 0 aromatic heterocycles. The molecule has 0 heterocycles. The fourth-order valence-corrected chi connectivity index (χ4v) is 2.28. The Hall–Kier alpha value is -1.11. The van der Waals surface area contributed by atoms with Crippen molar-refractivity contribution in [3.8, 4) is 0 Å². The number of hydrogen-bond acceptors (Lipinski definition) is 4. The molecule has 0 bridgehead atoms. The summed E-state index contributed by atoms with van der Waals surface area (Å²) in [6.07, 6.45) is 0.309. The van der Waals surface area contributed by atoms with Crippen molar-refractivity contribution >= 4 is 15.7 Å². The summed E-state index contributed by atoms with van der Waals surface area (Å²) in [6.45, 7) is 2.38. The van der Waals surface area contributed by atoms with Gasteiger partial charge in [-0.15, -0.1) is 0 Å². The predicted molar refractivity (Wildman–Crippen MR) is 72.1 cm³/mol. The van der Waals surface area contributed by atoms with Gasteiger partial charge in [-0.05, 0) is 37.6 Å². The molecule has 0 spiro atoms. The lowest BCUT2D eigenvalue weighted by Crippen LogP contribution is -2.22. The maximum Gasteiger partial charge on any atom is 0.242 e. The summed E-state index contributed by atoms with van der Waals surface area (Å²) >= 11 is 0. The van der Waals surface area contributed by atoms with Gasteiger partial charge in [0, 0.05) is 26.3 Å². The Morgan fingerprint density at radius 2 is 1.83 bits per heavy atom. The number of hydrogen-bond donors (Lipinski definition) is 2. The van der Waals surface area contributed by atoms with Gasteiger partial charge in [-0.2, -0.15) is 0 Å². The molecule has 1 rings (SSSR count). The molecule has 0 fully saturated rings. The van der Waals surface area contributed by atoms with Crippen molar-refractivity contribution in [2.75, 3.05) is 26.0 Å². The quantitative estimate of drug-likeness (QED) is 0.814. The third-order valence-electron chi connectivity index (χ3n) is 2.52. The molecule has 1 aromatic rings. The van der Waals surface area contributed by atoms with Crippen molar-refractivity contribution in [2.45, 2.75) is 24.3 Å². The average molecular weight is 272 g/mol. The molecule has 6 heteroatoms. The van der Waals surface area contributed by atoms with Crippen LogP contribution in [0.25, 0.3) is 0 Å². The first-order chi connectivity index (χ1) is 8.34. The zero-order chi connectivity index (χ0) is 13.8. The van der Waals surface area contributed by atoms with Gasteiger partial charge in [-0.25, -0.2) is 12.7 Å². The maximum absolute atomic E-state index is 11.8. The second-order valence-electron chi connectivity index (χ2n) is 4.38. The topological polar surface area (TPSA) is 69.6 Å². The summed E-state index contributed by atoms with van der Waals surface area (Å²) in [6, 6.07) is 6.58. The number of nitrogens with zero attached hydrogens (tertiary/aromatic N) is 1. The van der Waals surface area contributed by atoms with Crippen LogP contribution in [-0.4, -0.2) is 44.6 Å². The molecule has 0 radical (unpaired) electrons. The average Bonchev–Trinajstić information content (AvgIpc) is 2.29. The third-order valence-corrected chi connectivity index (χ3v) is 4.35. The zero-order valence-electron chi connectivity index (χ0n) is 10.9. The molecule has 1 unspecified atom stereocenters. The number of nitrogens with one attached hydrogen (secondary N) is 1.